The Labute approximate surface area is 132 Å². The lowest BCUT2D eigenvalue weighted by Gasteiger charge is -2.27. The van der Waals surface area contributed by atoms with Crippen LogP contribution in [0.2, 0.25) is 0 Å². The van der Waals surface area contributed by atoms with E-state index in [0.29, 0.717) is 12.1 Å². The maximum Gasteiger partial charge on any atom is 0.245 e. The average Bonchev–Trinajstić information content (AvgIpc) is 2.46. The molecule has 2 amide bonds. The van der Waals surface area contributed by atoms with Crippen molar-refractivity contribution >= 4 is 24.2 Å². The molecule has 1 aromatic rings. The summed E-state index contributed by atoms with van der Waals surface area (Å²) in [5.74, 6) is -0.501. The van der Waals surface area contributed by atoms with Gasteiger partial charge in [-0.3, -0.25) is 9.59 Å². The van der Waals surface area contributed by atoms with Crippen LogP contribution in [0.5, 0.6) is 0 Å². The van der Waals surface area contributed by atoms with E-state index in [-0.39, 0.29) is 24.2 Å². The number of carbonyl (C=O) groups excluding carboxylic acids is 2. The van der Waals surface area contributed by atoms with Crippen molar-refractivity contribution in [2.75, 3.05) is 13.6 Å². The maximum atomic E-state index is 12.3. The second kappa shape index (κ2) is 8.00. The molecule has 6 heteroatoms. The van der Waals surface area contributed by atoms with E-state index in [1.54, 1.807) is 37.9 Å². The number of likely N-dealkylation sites (N-methyl/N-ethyl adjacent to an activating group) is 1. The Morgan fingerprint density at radius 1 is 1.33 bits per heavy atom. The first kappa shape index (κ1) is 19.4. The smallest absolute Gasteiger partial charge is 0.245 e. The van der Waals surface area contributed by atoms with E-state index >= 15 is 0 Å². The SMILES string of the molecule is CCN(C)C(=O)C(C)NC(=O)C(C)(N)c1ccccc1.Cl. The predicted octanol–water partition coefficient (Wildman–Crippen LogP) is 1.27. The minimum absolute atomic E-state index is 0. The van der Waals surface area contributed by atoms with Crippen molar-refractivity contribution in [3.63, 3.8) is 0 Å². The Morgan fingerprint density at radius 2 is 1.86 bits per heavy atom. The van der Waals surface area contributed by atoms with Gasteiger partial charge in [0.15, 0.2) is 0 Å². The fourth-order valence-corrected chi connectivity index (χ4v) is 1.81. The van der Waals surface area contributed by atoms with E-state index < -0.39 is 11.6 Å². The minimum Gasteiger partial charge on any atom is -0.344 e. The molecule has 118 valence electrons. The molecule has 0 saturated heterocycles. The van der Waals surface area contributed by atoms with Crippen molar-refractivity contribution in [3.05, 3.63) is 35.9 Å². The molecule has 1 rings (SSSR count). The second-order valence-corrected chi connectivity index (χ2v) is 5.12. The second-order valence-electron chi connectivity index (χ2n) is 5.12. The third-order valence-corrected chi connectivity index (χ3v) is 3.41. The Balaban J connectivity index is 0.00000400. The standard InChI is InChI=1S/C15H23N3O2.ClH/c1-5-18(4)13(19)11(2)17-14(20)15(3,16)12-9-7-6-8-10-12;/h6-11H,5,16H2,1-4H3,(H,17,20);1H. The summed E-state index contributed by atoms with van der Waals surface area (Å²) in [6.45, 7) is 5.77. The molecule has 0 radical (unpaired) electrons. The number of hydrogen-bond donors (Lipinski definition) is 2. The Kier molecular flexibility index (Phi) is 7.39. The fourth-order valence-electron chi connectivity index (χ4n) is 1.81. The van der Waals surface area contributed by atoms with E-state index in [9.17, 15) is 9.59 Å². The number of nitrogens with one attached hydrogen (secondary N) is 1. The highest BCUT2D eigenvalue weighted by Gasteiger charge is 2.32. The summed E-state index contributed by atoms with van der Waals surface area (Å²) in [7, 11) is 1.70. The van der Waals surface area contributed by atoms with Crippen molar-refractivity contribution in [1.82, 2.24) is 10.2 Å². The van der Waals surface area contributed by atoms with Crippen molar-refractivity contribution in [1.29, 1.82) is 0 Å². The topological polar surface area (TPSA) is 75.4 Å². The van der Waals surface area contributed by atoms with E-state index in [4.69, 9.17) is 5.73 Å². The first-order valence-electron chi connectivity index (χ1n) is 6.71. The summed E-state index contributed by atoms with van der Waals surface area (Å²) in [6, 6.07) is 8.51. The van der Waals surface area contributed by atoms with Crippen LogP contribution in [0.15, 0.2) is 30.3 Å². The quantitative estimate of drug-likeness (QED) is 0.859. The van der Waals surface area contributed by atoms with E-state index in [2.05, 4.69) is 5.32 Å². The lowest BCUT2D eigenvalue weighted by atomic mass is 9.92. The van der Waals surface area contributed by atoms with Crippen molar-refractivity contribution in [2.24, 2.45) is 5.73 Å². The van der Waals surface area contributed by atoms with Gasteiger partial charge in [0.25, 0.3) is 0 Å². The van der Waals surface area contributed by atoms with Gasteiger partial charge in [-0.1, -0.05) is 30.3 Å². The number of amides is 2. The van der Waals surface area contributed by atoms with Gasteiger partial charge in [0, 0.05) is 13.6 Å². The summed E-state index contributed by atoms with van der Waals surface area (Å²) >= 11 is 0. The number of rotatable bonds is 5. The van der Waals surface area contributed by atoms with Gasteiger partial charge in [0.1, 0.15) is 11.6 Å². The number of halogens is 1. The summed E-state index contributed by atoms with van der Waals surface area (Å²) < 4.78 is 0. The average molecular weight is 314 g/mol. The fraction of sp³-hybridized carbons (Fsp3) is 0.467. The first-order chi connectivity index (χ1) is 9.30. The highest BCUT2D eigenvalue weighted by atomic mass is 35.5. The molecule has 0 aliphatic rings. The molecule has 2 atom stereocenters. The third-order valence-electron chi connectivity index (χ3n) is 3.41. The van der Waals surface area contributed by atoms with E-state index in [1.807, 2.05) is 25.1 Å². The Hall–Kier alpha value is -1.59. The van der Waals surface area contributed by atoms with Gasteiger partial charge < -0.3 is 16.0 Å². The molecule has 2 unspecified atom stereocenters. The Morgan fingerprint density at radius 3 is 2.33 bits per heavy atom. The maximum absolute atomic E-state index is 12.3. The molecule has 0 heterocycles. The Bertz CT molecular complexity index is 477. The summed E-state index contributed by atoms with van der Waals surface area (Å²) in [5.41, 5.74) is 5.64. The van der Waals surface area contributed by atoms with Crippen LogP contribution in [0, 0.1) is 0 Å². The molecule has 1 aromatic carbocycles. The van der Waals surface area contributed by atoms with Gasteiger partial charge in [-0.25, -0.2) is 0 Å². The molecule has 0 saturated carbocycles. The number of hydrogen-bond acceptors (Lipinski definition) is 3. The van der Waals surface area contributed by atoms with Crippen molar-refractivity contribution in [2.45, 2.75) is 32.4 Å². The zero-order chi connectivity index (χ0) is 15.3. The number of nitrogens with zero attached hydrogens (tertiary/aromatic N) is 1. The van der Waals surface area contributed by atoms with Crippen LogP contribution in [0.1, 0.15) is 26.3 Å². The van der Waals surface area contributed by atoms with Crippen LogP contribution >= 0.6 is 12.4 Å². The number of benzene rings is 1. The zero-order valence-corrected chi connectivity index (χ0v) is 13.7. The molecule has 0 aliphatic carbocycles. The van der Waals surface area contributed by atoms with Crippen molar-refractivity contribution in [3.8, 4) is 0 Å². The third kappa shape index (κ3) is 4.72. The van der Waals surface area contributed by atoms with E-state index in [1.165, 1.54) is 0 Å². The van der Waals surface area contributed by atoms with Crippen molar-refractivity contribution < 1.29 is 9.59 Å². The molecule has 3 N–H and O–H groups in total. The van der Waals surface area contributed by atoms with Crippen LogP contribution < -0.4 is 11.1 Å². The predicted molar refractivity (Wildman–Crippen MR) is 86.1 cm³/mol. The largest absolute Gasteiger partial charge is 0.344 e. The van der Waals surface area contributed by atoms with Crippen LogP contribution in [0.25, 0.3) is 0 Å². The first-order valence-corrected chi connectivity index (χ1v) is 6.71. The highest BCUT2D eigenvalue weighted by Crippen LogP contribution is 2.17. The summed E-state index contributed by atoms with van der Waals surface area (Å²) in [5, 5.41) is 2.68. The number of nitrogens with two attached hydrogens (primary N) is 1. The molecular formula is C15H24ClN3O2. The van der Waals surface area contributed by atoms with Crippen LogP contribution in [0.3, 0.4) is 0 Å². The zero-order valence-electron chi connectivity index (χ0n) is 12.9. The molecule has 5 nitrogen and oxygen atoms in total. The summed E-state index contributed by atoms with van der Waals surface area (Å²) in [4.78, 5) is 25.8. The number of carbonyl (C=O) groups is 2. The lowest BCUT2D eigenvalue weighted by Crippen LogP contribution is -2.54. The minimum atomic E-state index is -1.17. The molecule has 0 bridgehead atoms. The van der Waals surface area contributed by atoms with E-state index in [0.717, 1.165) is 0 Å². The molecule has 0 spiro atoms. The van der Waals surface area contributed by atoms with Gasteiger partial charge in [0.05, 0.1) is 0 Å². The van der Waals surface area contributed by atoms with Crippen LogP contribution in [0.4, 0.5) is 0 Å². The van der Waals surface area contributed by atoms with Gasteiger partial charge in [-0.05, 0) is 26.3 Å². The van der Waals surface area contributed by atoms with Gasteiger partial charge >= 0.3 is 0 Å². The van der Waals surface area contributed by atoms with Crippen LogP contribution in [-0.4, -0.2) is 36.3 Å². The molecule has 21 heavy (non-hydrogen) atoms. The monoisotopic (exact) mass is 313 g/mol. The molecule has 0 aliphatic heterocycles. The normalized spacial score (nSPS) is 14.3. The molecule has 0 fully saturated rings. The molecule has 0 aromatic heterocycles. The summed E-state index contributed by atoms with van der Waals surface area (Å²) in [6.07, 6.45) is 0. The van der Waals surface area contributed by atoms with Gasteiger partial charge in [-0.15, -0.1) is 12.4 Å². The van der Waals surface area contributed by atoms with Crippen LogP contribution in [-0.2, 0) is 15.1 Å². The highest BCUT2D eigenvalue weighted by molar-refractivity contribution is 5.92. The van der Waals surface area contributed by atoms with Gasteiger partial charge in [0.2, 0.25) is 11.8 Å². The molecular weight excluding hydrogens is 290 g/mol. The van der Waals surface area contributed by atoms with Gasteiger partial charge in [-0.2, -0.15) is 0 Å². The lowest BCUT2D eigenvalue weighted by molar-refractivity contribution is -0.136.